The van der Waals surface area contributed by atoms with Crippen LogP contribution in [0.3, 0.4) is 0 Å². The van der Waals surface area contributed by atoms with Crippen LogP contribution in [0.4, 0.5) is 0 Å². The number of hydrogen-bond donors (Lipinski definition) is 1. The Labute approximate surface area is 257 Å². The summed E-state index contributed by atoms with van der Waals surface area (Å²) in [6.07, 6.45) is 10.3. The van der Waals surface area contributed by atoms with Crippen LogP contribution in [0.25, 0.3) is 16.5 Å². The van der Waals surface area contributed by atoms with E-state index in [2.05, 4.69) is 94.2 Å². The number of ether oxygens (including phenoxy) is 1. The van der Waals surface area contributed by atoms with Crippen molar-refractivity contribution in [1.82, 2.24) is 9.88 Å². The number of nitrogens with one attached hydrogen (secondary N) is 1. The summed E-state index contributed by atoms with van der Waals surface area (Å²) in [6.45, 7) is 26.8. The van der Waals surface area contributed by atoms with Gasteiger partial charge in [0.05, 0.1) is 0 Å². The van der Waals surface area contributed by atoms with Crippen molar-refractivity contribution < 1.29 is 9.53 Å². The van der Waals surface area contributed by atoms with E-state index in [0.29, 0.717) is 6.42 Å². The molecule has 6 nitrogen and oxygen atoms in total. The summed E-state index contributed by atoms with van der Waals surface area (Å²) in [4.78, 5) is 24.6. The molecule has 1 heterocycles. The Hall–Kier alpha value is -2.99. The number of Topliss-reactive ketones (excluding diaryl/α,β-unsaturated/α-hetero) is 1. The first-order valence-electron chi connectivity index (χ1n) is 15.9. The fourth-order valence-corrected chi connectivity index (χ4v) is 3.96. The van der Waals surface area contributed by atoms with Crippen LogP contribution in [0.15, 0.2) is 58.4 Å². The molecule has 0 aliphatic heterocycles. The van der Waals surface area contributed by atoms with Gasteiger partial charge in [-0.05, 0) is 81.0 Å². The average Bonchev–Trinajstić information content (AvgIpc) is 3.46. The molecule has 236 valence electrons. The van der Waals surface area contributed by atoms with E-state index in [1.54, 1.807) is 14.0 Å². The van der Waals surface area contributed by atoms with Crippen molar-refractivity contribution >= 4 is 34.2 Å². The first-order chi connectivity index (χ1) is 20.1. The maximum atomic E-state index is 9.81. The minimum Gasteiger partial charge on any atom is -0.381 e. The van der Waals surface area contributed by atoms with Crippen molar-refractivity contribution in [2.75, 3.05) is 33.4 Å². The lowest BCUT2D eigenvalue weighted by molar-refractivity contribution is -0.116. The van der Waals surface area contributed by atoms with Gasteiger partial charge in [-0.15, -0.1) is 0 Å². The summed E-state index contributed by atoms with van der Waals surface area (Å²) in [5.74, 6) is 1.81. The zero-order valence-electron chi connectivity index (χ0n) is 28.5. The Balaban J connectivity index is 0.00000117. The molecule has 1 aromatic heterocycles. The van der Waals surface area contributed by atoms with Crippen LogP contribution in [-0.2, 0) is 9.53 Å². The Morgan fingerprint density at radius 3 is 2.19 bits per heavy atom. The van der Waals surface area contributed by atoms with E-state index >= 15 is 0 Å². The second-order valence-electron chi connectivity index (χ2n) is 10.8. The number of fused-ring (bicyclic) bond motifs is 1. The van der Waals surface area contributed by atoms with Gasteiger partial charge in [-0.3, -0.25) is 4.99 Å². The highest BCUT2D eigenvalue weighted by molar-refractivity contribution is 6.20. The van der Waals surface area contributed by atoms with Crippen molar-refractivity contribution in [3.63, 3.8) is 0 Å². The molecule has 1 N–H and O–H groups in total. The highest BCUT2D eigenvalue weighted by Gasteiger charge is 2.12. The monoisotopic (exact) mass is 580 g/mol. The van der Waals surface area contributed by atoms with Gasteiger partial charge in [0.1, 0.15) is 11.6 Å². The lowest BCUT2D eigenvalue weighted by Crippen LogP contribution is -2.25. The van der Waals surface area contributed by atoms with Gasteiger partial charge in [0.25, 0.3) is 0 Å². The number of ketones is 1. The lowest BCUT2D eigenvalue weighted by Gasteiger charge is -2.25. The van der Waals surface area contributed by atoms with E-state index in [9.17, 15) is 4.79 Å². The molecular formula is C36H60N4O2. The minimum absolute atomic E-state index is 0.255. The van der Waals surface area contributed by atoms with Crippen molar-refractivity contribution in [1.29, 1.82) is 0 Å². The highest BCUT2D eigenvalue weighted by atomic mass is 16.5. The second-order valence-corrected chi connectivity index (χ2v) is 10.8. The van der Waals surface area contributed by atoms with Crippen LogP contribution in [0.5, 0.6) is 0 Å². The standard InChI is InChI=1S/C26H38N4.C6H14O.C4H8O/c1-8-15-30(16-13-19(3)9-2)22(6)29-21(5)25(18-27-7)20(4)24-11-10-23-12-14-28-26(23)17-24;1-3-5-7-6-4-2;1-3-4(2)5/h10-12,14,17-19,28H,6,8-9,13,15-16H2,1-5,7H3;3-6H2,1-2H3;3H2,1-2H3/b25-20+,27-18?,29-21-;;. The third-order valence-corrected chi connectivity index (χ3v) is 6.98. The van der Waals surface area contributed by atoms with Crippen LogP contribution in [0.2, 0.25) is 0 Å². The largest absolute Gasteiger partial charge is 0.381 e. The maximum Gasteiger partial charge on any atom is 0.129 e. The van der Waals surface area contributed by atoms with Gasteiger partial charge < -0.3 is 19.4 Å². The molecule has 2 aromatic rings. The number of aromatic nitrogens is 1. The van der Waals surface area contributed by atoms with E-state index < -0.39 is 0 Å². The van der Waals surface area contributed by atoms with E-state index in [1.807, 2.05) is 19.3 Å². The fourth-order valence-electron chi connectivity index (χ4n) is 3.96. The Morgan fingerprint density at radius 1 is 1.02 bits per heavy atom. The van der Waals surface area contributed by atoms with Gasteiger partial charge in [-0.25, -0.2) is 4.99 Å². The number of rotatable bonds is 16. The molecule has 0 spiro atoms. The van der Waals surface area contributed by atoms with Gasteiger partial charge in [-0.1, -0.05) is 66.7 Å². The molecule has 0 amide bonds. The molecular weight excluding hydrogens is 520 g/mol. The molecule has 2 rings (SSSR count). The van der Waals surface area contributed by atoms with E-state index in [4.69, 9.17) is 9.73 Å². The Bertz CT molecular complexity index is 1120. The number of hydrogen-bond acceptors (Lipinski definition) is 5. The van der Waals surface area contributed by atoms with Crippen molar-refractivity contribution in [2.24, 2.45) is 15.9 Å². The molecule has 1 atom stereocenters. The number of H-pyrrole nitrogens is 1. The molecule has 1 aromatic carbocycles. The molecule has 0 saturated heterocycles. The van der Waals surface area contributed by atoms with Gasteiger partial charge in [0.2, 0.25) is 0 Å². The number of carbonyl (C=O) groups excluding carboxylic acids is 1. The number of carbonyl (C=O) groups is 1. The van der Waals surface area contributed by atoms with Crippen molar-refractivity contribution in [2.45, 2.75) is 101 Å². The van der Waals surface area contributed by atoms with Crippen LogP contribution in [-0.4, -0.2) is 60.9 Å². The third-order valence-electron chi connectivity index (χ3n) is 6.98. The second kappa shape index (κ2) is 23.6. The topological polar surface area (TPSA) is 70.0 Å². The molecule has 0 aliphatic rings. The summed E-state index contributed by atoms with van der Waals surface area (Å²) in [5.41, 5.74) is 5.45. The zero-order valence-corrected chi connectivity index (χ0v) is 28.5. The first-order valence-corrected chi connectivity index (χ1v) is 15.9. The number of aliphatic imine (C=N–C) groups is 2. The van der Waals surface area contributed by atoms with Crippen LogP contribution in [0, 0.1) is 5.92 Å². The fraction of sp³-hybridized carbons (Fsp3) is 0.583. The number of nitrogens with zero attached hydrogens (tertiary/aromatic N) is 3. The number of allylic oxidation sites excluding steroid dienone is 2. The first kappa shape index (κ1) is 39.0. The third kappa shape index (κ3) is 15.9. The van der Waals surface area contributed by atoms with Gasteiger partial charge in [0.15, 0.2) is 0 Å². The number of benzene rings is 1. The molecule has 0 radical (unpaired) electrons. The summed E-state index contributed by atoms with van der Waals surface area (Å²) >= 11 is 0. The molecule has 0 saturated carbocycles. The Kier molecular flexibility index (Phi) is 21.9. The quantitative estimate of drug-likeness (QED) is 0.159. The molecule has 6 heteroatoms. The van der Waals surface area contributed by atoms with E-state index in [-0.39, 0.29) is 5.78 Å². The molecule has 42 heavy (non-hydrogen) atoms. The molecule has 1 unspecified atom stereocenters. The maximum absolute atomic E-state index is 9.81. The van der Waals surface area contributed by atoms with Gasteiger partial charge >= 0.3 is 0 Å². The van der Waals surface area contributed by atoms with Crippen molar-refractivity contribution in [3.05, 3.63) is 54.0 Å². The van der Waals surface area contributed by atoms with Gasteiger partial charge in [-0.2, -0.15) is 0 Å². The summed E-state index contributed by atoms with van der Waals surface area (Å²) in [7, 11) is 1.80. The minimum atomic E-state index is 0.255. The van der Waals surface area contributed by atoms with Crippen molar-refractivity contribution in [3.8, 4) is 0 Å². The predicted molar refractivity (Wildman–Crippen MR) is 186 cm³/mol. The normalized spacial score (nSPS) is 12.7. The zero-order chi connectivity index (χ0) is 31.9. The van der Waals surface area contributed by atoms with E-state index in [0.717, 1.165) is 79.7 Å². The van der Waals surface area contributed by atoms with E-state index in [1.165, 1.54) is 23.8 Å². The Morgan fingerprint density at radius 2 is 1.67 bits per heavy atom. The van der Waals surface area contributed by atoms with Gasteiger partial charge in [0, 0.05) is 69.0 Å². The smallest absolute Gasteiger partial charge is 0.129 e. The molecule has 0 aliphatic carbocycles. The molecule has 0 fully saturated rings. The average molecular weight is 581 g/mol. The lowest BCUT2D eigenvalue weighted by atomic mass is 9.98. The summed E-state index contributed by atoms with van der Waals surface area (Å²) in [6, 6.07) is 8.58. The van der Waals surface area contributed by atoms with Crippen LogP contribution < -0.4 is 0 Å². The highest BCUT2D eigenvalue weighted by Crippen LogP contribution is 2.23. The number of aromatic amines is 1. The SMILES string of the molecule is C=C(/N=C(C)\C(C=NC)=C(/C)c1ccc2cc[nH]c2c1)N(CCC)CCC(C)CC.CCC(C)=O.CCCOCCC. The van der Waals surface area contributed by atoms with Crippen LogP contribution in [0.1, 0.15) is 106 Å². The predicted octanol–water partition coefficient (Wildman–Crippen LogP) is 9.53. The molecule has 0 bridgehead atoms. The summed E-state index contributed by atoms with van der Waals surface area (Å²) in [5, 5.41) is 1.22. The van der Waals surface area contributed by atoms with Crippen LogP contribution >= 0.6 is 0 Å². The summed E-state index contributed by atoms with van der Waals surface area (Å²) < 4.78 is 5.13.